The van der Waals surface area contributed by atoms with E-state index in [4.69, 9.17) is 5.73 Å². The van der Waals surface area contributed by atoms with Gasteiger partial charge in [-0.2, -0.15) is 11.3 Å². The van der Waals surface area contributed by atoms with Crippen LogP contribution in [0.5, 0.6) is 0 Å². The second kappa shape index (κ2) is 6.51. The lowest BCUT2D eigenvalue weighted by Gasteiger charge is -2.36. The van der Waals surface area contributed by atoms with Crippen molar-refractivity contribution in [2.45, 2.75) is 57.2 Å². The molecule has 0 aromatic carbocycles. The summed E-state index contributed by atoms with van der Waals surface area (Å²) in [5, 5.41) is 6.75. The molecule has 8 heteroatoms. The van der Waals surface area contributed by atoms with E-state index in [-0.39, 0.29) is 23.3 Å². The Morgan fingerprint density at radius 1 is 1.30 bits per heavy atom. The lowest BCUT2D eigenvalue weighted by atomic mass is 9.91. The number of thiophene rings is 1. The van der Waals surface area contributed by atoms with E-state index in [0.29, 0.717) is 32.5 Å². The fraction of sp³-hybridized carbons (Fsp3) is 0.632. The van der Waals surface area contributed by atoms with Gasteiger partial charge in [0.25, 0.3) is 0 Å². The van der Waals surface area contributed by atoms with Crippen molar-refractivity contribution in [3.63, 3.8) is 0 Å². The molecule has 1 saturated heterocycles. The van der Waals surface area contributed by atoms with E-state index in [2.05, 4.69) is 16.8 Å². The first-order chi connectivity index (χ1) is 12.9. The maximum atomic E-state index is 12.8. The Bertz CT molecular complexity index is 751. The summed E-state index contributed by atoms with van der Waals surface area (Å²) >= 11 is 1.65. The van der Waals surface area contributed by atoms with E-state index >= 15 is 0 Å². The van der Waals surface area contributed by atoms with Crippen molar-refractivity contribution in [3.05, 3.63) is 22.4 Å². The molecule has 0 radical (unpaired) electrons. The standard InChI is InChI=1S/C19H26N4O3S/c1-13(24)23(11-14-2-9-27-12-14)15-10-18(15)5-7-22(8-6-18)16(25)19(3-4-19)21-17(20)26/h2,9,12,15H,3-8,10-11H2,1H3,(H3,20,21,26). The molecule has 2 saturated carbocycles. The number of urea groups is 1. The molecule has 27 heavy (non-hydrogen) atoms. The molecule has 1 aromatic heterocycles. The minimum absolute atomic E-state index is 0.00459. The Hall–Kier alpha value is -2.09. The molecule has 146 valence electrons. The van der Waals surface area contributed by atoms with E-state index in [1.54, 1.807) is 18.3 Å². The normalized spacial score (nSPS) is 24.3. The van der Waals surface area contributed by atoms with Gasteiger partial charge in [0.15, 0.2) is 0 Å². The van der Waals surface area contributed by atoms with Gasteiger partial charge in [0.05, 0.1) is 0 Å². The smallest absolute Gasteiger partial charge is 0.313 e. The first kappa shape index (κ1) is 18.3. The number of piperidine rings is 1. The van der Waals surface area contributed by atoms with Gasteiger partial charge in [-0.05, 0) is 59.9 Å². The van der Waals surface area contributed by atoms with Gasteiger partial charge in [-0.3, -0.25) is 9.59 Å². The molecule has 1 aromatic rings. The molecule has 1 spiro atoms. The summed E-state index contributed by atoms with van der Waals surface area (Å²) in [6, 6.07) is 1.70. The van der Waals surface area contributed by atoms with Crippen molar-refractivity contribution in [3.8, 4) is 0 Å². The Kier molecular flexibility index (Phi) is 4.41. The largest absolute Gasteiger partial charge is 0.352 e. The molecule has 3 N–H and O–H groups in total. The predicted molar refractivity (Wildman–Crippen MR) is 102 cm³/mol. The number of primary amides is 1. The number of rotatable bonds is 5. The van der Waals surface area contributed by atoms with Crippen LogP contribution in [0.15, 0.2) is 16.8 Å². The Morgan fingerprint density at radius 3 is 2.52 bits per heavy atom. The van der Waals surface area contributed by atoms with E-state index in [0.717, 1.165) is 19.3 Å². The van der Waals surface area contributed by atoms with Gasteiger partial charge >= 0.3 is 6.03 Å². The van der Waals surface area contributed by atoms with Crippen LogP contribution in [0.25, 0.3) is 0 Å². The highest BCUT2D eigenvalue weighted by molar-refractivity contribution is 7.07. The molecule has 3 fully saturated rings. The highest BCUT2D eigenvalue weighted by atomic mass is 32.1. The molecule has 4 rings (SSSR count). The van der Waals surface area contributed by atoms with E-state index in [1.807, 2.05) is 15.2 Å². The summed E-state index contributed by atoms with van der Waals surface area (Å²) in [7, 11) is 0. The third kappa shape index (κ3) is 3.42. The highest BCUT2D eigenvalue weighted by Gasteiger charge is 2.60. The summed E-state index contributed by atoms with van der Waals surface area (Å²) in [6.45, 7) is 3.67. The van der Waals surface area contributed by atoms with Crippen LogP contribution in [0.2, 0.25) is 0 Å². The lowest BCUT2D eigenvalue weighted by molar-refractivity contribution is -0.137. The van der Waals surface area contributed by atoms with Gasteiger partial charge in [0.2, 0.25) is 11.8 Å². The number of amides is 4. The minimum atomic E-state index is -0.760. The summed E-state index contributed by atoms with van der Waals surface area (Å²) < 4.78 is 0. The summed E-state index contributed by atoms with van der Waals surface area (Å²) in [5.41, 5.74) is 5.78. The molecular formula is C19H26N4O3S. The van der Waals surface area contributed by atoms with Crippen LogP contribution >= 0.6 is 11.3 Å². The van der Waals surface area contributed by atoms with Crippen molar-refractivity contribution in [2.75, 3.05) is 13.1 Å². The van der Waals surface area contributed by atoms with Crippen molar-refractivity contribution in [1.29, 1.82) is 0 Å². The van der Waals surface area contributed by atoms with E-state index in [9.17, 15) is 14.4 Å². The first-order valence-electron chi connectivity index (χ1n) is 9.51. The SMILES string of the molecule is CC(=O)N(Cc1ccsc1)C1CC12CCN(C(=O)C1(NC(N)=O)CC1)CC2. The second-order valence-electron chi connectivity index (χ2n) is 8.22. The van der Waals surface area contributed by atoms with Crippen molar-refractivity contribution < 1.29 is 14.4 Å². The molecule has 7 nitrogen and oxygen atoms in total. The Morgan fingerprint density at radius 2 is 2.00 bits per heavy atom. The molecule has 2 heterocycles. The van der Waals surface area contributed by atoms with Crippen LogP contribution in [0.3, 0.4) is 0 Å². The molecular weight excluding hydrogens is 364 g/mol. The van der Waals surface area contributed by atoms with Crippen LogP contribution in [0, 0.1) is 5.41 Å². The molecule has 2 aliphatic carbocycles. The third-order valence-electron chi connectivity index (χ3n) is 6.43. The van der Waals surface area contributed by atoms with Crippen LogP contribution in [-0.2, 0) is 16.1 Å². The van der Waals surface area contributed by atoms with Crippen LogP contribution in [0.4, 0.5) is 4.79 Å². The summed E-state index contributed by atoms with van der Waals surface area (Å²) in [4.78, 5) is 40.0. The van der Waals surface area contributed by atoms with Gasteiger partial charge in [0.1, 0.15) is 5.54 Å². The molecule has 1 atom stereocenters. The molecule has 1 unspecified atom stereocenters. The fourth-order valence-corrected chi connectivity index (χ4v) is 5.20. The molecule has 0 bridgehead atoms. The number of nitrogens with zero attached hydrogens (tertiary/aromatic N) is 2. The average Bonchev–Trinajstić information content (AvgIpc) is 3.48. The van der Waals surface area contributed by atoms with E-state index in [1.165, 1.54) is 5.56 Å². The highest BCUT2D eigenvalue weighted by Crippen LogP contribution is 2.57. The third-order valence-corrected chi connectivity index (χ3v) is 7.16. The van der Waals surface area contributed by atoms with Crippen LogP contribution in [-0.4, -0.2) is 52.3 Å². The van der Waals surface area contributed by atoms with E-state index < -0.39 is 11.6 Å². The van der Waals surface area contributed by atoms with Gasteiger partial charge < -0.3 is 20.9 Å². The predicted octanol–water partition coefficient (Wildman–Crippen LogP) is 1.68. The maximum absolute atomic E-state index is 12.8. The van der Waals surface area contributed by atoms with Crippen LogP contribution < -0.4 is 11.1 Å². The average molecular weight is 391 g/mol. The summed E-state index contributed by atoms with van der Waals surface area (Å²) in [6.07, 6.45) is 4.16. The topological polar surface area (TPSA) is 95.7 Å². The van der Waals surface area contributed by atoms with Gasteiger partial charge in [-0.25, -0.2) is 4.79 Å². The Balaban J connectivity index is 1.36. The second-order valence-corrected chi connectivity index (χ2v) is 9.00. The minimum Gasteiger partial charge on any atom is -0.352 e. The molecule has 4 amide bonds. The number of hydrogen-bond acceptors (Lipinski definition) is 4. The van der Waals surface area contributed by atoms with Crippen molar-refractivity contribution in [2.24, 2.45) is 11.1 Å². The van der Waals surface area contributed by atoms with Crippen LogP contribution in [0.1, 0.15) is 44.6 Å². The number of nitrogens with one attached hydrogen (secondary N) is 1. The monoisotopic (exact) mass is 390 g/mol. The van der Waals surface area contributed by atoms with Gasteiger partial charge in [-0.1, -0.05) is 0 Å². The number of nitrogens with two attached hydrogens (primary N) is 1. The lowest BCUT2D eigenvalue weighted by Crippen LogP contribution is -2.54. The summed E-state index contributed by atoms with van der Waals surface area (Å²) in [5.74, 6) is 0.110. The van der Waals surface area contributed by atoms with Gasteiger partial charge in [-0.15, -0.1) is 0 Å². The van der Waals surface area contributed by atoms with Crippen molar-refractivity contribution in [1.82, 2.24) is 15.1 Å². The number of carbonyl (C=O) groups is 3. The zero-order chi connectivity index (χ0) is 19.2. The molecule has 3 aliphatic rings. The number of carbonyl (C=O) groups excluding carboxylic acids is 3. The fourth-order valence-electron chi connectivity index (χ4n) is 4.54. The Labute approximate surface area is 162 Å². The quantitative estimate of drug-likeness (QED) is 0.801. The zero-order valence-electron chi connectivity index (χ0n) is 15.6. The van der Waals surface area contributed by atoms with Gasteiger partial charge in [0, 0.05) is 32.6 Å². The maximum Gasteiger partial charge on any atom is 0.313 e. The van der Waals surface area contributed by atoms with Crippen molar-refractivity contribution >= 4 is 29.2 Å². The number of hydrogen-bond donors (Lipinski definition) is 2. The molecule has 1 aliphatic heterocycles. The number of likely N-dealkylation sites (tertiary alicyclic amines) is 1. The zero-order valence-corrected chi connectivity index (χ0v) is 16.4. The first-order valence-corrected chi connectivity index (χ1v) is 10.4.